The van der Waals surface area contributed by atoms with E-state index in [0.29, 0.717) is 18.1 Å². The molecule has 3 nitrogen and oxygen atoms in total. The van der Waals surface area contributed by atoms with Crippen molar-refractivity contribution >= 4 is 5.78 Å². The Morgan fingerprint density at radius 2 is 2.11 bits per heavy atom. The molecule has 2 rings (SSSR count). The second-order valence-corrected chi connectivity index (χ2v) is 5.26. The SMILES string of the molecule is COc1ccc(CCC(=O)C2CCOCC2C)cc1. The van der Waals surface area contributed by atoms with Crippen molar-refractivity contribution in [2.75, 3.05) is 20.3 Å². The monoisotopic (exact) mass is 262 g/mol. The molecule has 2 atom stereocenters. The molecule has 19 heavy (non-hydrogen) atoms. The Hall–Kier alpha value is -1.35. The maximum absolute atomic E-state index is 12.2. The fourth-order valence-electron chi connectivity index (χ4n) is 2.60. The number of Topliss-reactive ketones (excluding diaryl/α,β-unsaturated/α-hetero) is 1. The van der Waals surface area contributed by atoms with Crippen molar-refractivity contribution in [3.8, 4) is 5.75 Å². The number of benzene rings is 1. The maximum atomic E-state index is 12.2. The van der Waals surface area contributed by atoms with Crippen LogP contribution in [0.15, 0.2) is 24.3 Å². The van der Waals surface area contributed by atoms with E-state index in [9.17, 15) is 4.79 Å². The van der Waals surface area contributed by atoms with Crippen molar-refractivity contribution in [2.24, 2.45) is 11.8 Å². The Morgan fingerprint density at radius 3 is 2.74 bits per heavy atom. The van der Waals surface area contributed by atoms with Crippen LogP contribution >= 0.6 is 0 Å². The van der Waals surface area contributed by atoms with Gasteiger partial charge in [0.15, 0.2) is 0 Å². The molecule has 0 aromatic heterocycles. The molecule has 0 bridgehead atoms. The summed E-state index contributed by atoms with van der Waals surface area (Å²) < 4.78 is 10.5. The molecule has 1 aromatic rings. The van der Waals surface area contributed by atoms with Gasteiger partial charge in [-0.15, -0.1) is 0 Å². The molecule has 0 aliphatic carbocycles. The van der Waals surface area contributed by atoms with Crippen molar-refractivity contribution in [2.45, 2.75) is 26.2 Å². The van der Waals surface area contributed by atoms with Crippen LogP contribution in [0.1, 0.15) is 25.3 Å². The summed E-state index contributed by atoms with van der Waals surface area (Å²) in [5.41, 5.74) is 1.19. The molecule has 0 spiro atoms. The summed E-state index contributed by atoms with van der Waals surface area (Å²) >= 11 is 0. The summed E-state index contributed by atoms with van der Waals surface area (Å²) in [5.74, 6) is 1.78. The van der Waals surface area contributed by atoms with E-state index in [1.54, 1.807) is 7.11 Å². The molecular weight excluding hydrogens is 240 g/mol. The lowest BCUT2D eigenvalue weighted by atomic mass is 9.84. The summed E-state index contributed by atoms with van der Waals surface area (Å²) in [6, 6.07) is 7.94. The largest absolute Gasteiger partial charge is 0.497 e. The van der Waals surface area contributed by atoms with E-state index in [-0.39, 0.29) is 5.92 Å². The smallest absolute Gasteiger partial charge is 0.136 e. The molecule has 1 heterocycles. The lowest BCUT2D eigenvalue weighted by molar-refractivity contribution is -0.128. The van der Waals surface area contributed by atoms with Gasteiger partial charge in [0.25, 0.3) is 0 Å². The van der Waals surface area contributed by atoms with Crippen LogP contribution < -0.4 is 4.74 Å². The van der Waals surface area contributed by atoms with E-state index in [2.05, 4.69) is 6.92 Å². The van der Waals surface area contributed by atoms with E-state index >= 15 is 0 Å². The summed E-state index contributed by atoms with van der Waals surface area (Å²) in [7, 11) is 1.66. The zero-order valence-corrected chi connectivity index (χ0v) is 11.7. The molecule has 1 aliphatic rings. The third kappa shape index (κ3) is 3.80. The van der Waals surface area contributed by atoms with Gasteiger partial charge in [0, 0.05) is 25.6 Å². The highest BCUT2D eigenvalue weighted by molar-refractivity contribution is 5.81. The van der Waals surface area contributed by atoms with Gasteiger partial charge in [-0.1, -0.05) is 19.1 Å². The molecule has 1 saturated heterocycles. The Kier molecular flexibility index (Phi) is 4.97. The van der Waals surface area contributed by atoms with Gasteiger partial charge in [0.1, 0.15) is 11.5 Å². The van der Waals surface area contributed by atoms with E-state index in [1.165, 1.54) is 5.56 Å². The zero-order valence-electron chi connectivity index (χ0n) is 11.7. The van der Waals surface area contributed by atoms with E-state index in [1.807, 2.05) is 24.3 Å². The number of ether oxygens (including phenoxy) is 2. The van der Waals surface area contributed by atoms with Crippen molar-refractivity contribution < 1.29 is 14.3 Å². The van der Waals surface area contributed by atoms with Crippen molar-refractivity contribution in [1.29, 1.82) is 0 Å². The molecule has 0 N–H and O–H groups in total. The normalized spacial score (nSPS) is 23.1. The number of aryl methyl sites for hydroxylation is 1. The Labute approximate surface area is 114 Å². The van der Waals surface area contributed by atoms with E-state index < -0.39 is 0 Å². The summed E-state index contributed by atoms with van der Waals surface area (Å²) in [4.78, 5) is 12.2. The molecular formula is C16H22O3. The predicted octanol–water partition coefficient (Wildman–Crippen LogP) is 2.87. The third-order valence-electron chi connectivity index (χ3n) is 3.87. The number of hydrogen-bond acceptors (Lipinski definition) is 3. The Morgan fingerprint density at radius 1 is 1.37 bits per heavy atom. The number of ketones is 1. The minimum Gasteiger partial charge on any atom is -0.497 e. The molecule has 1 aromatic carbocycles. The minimum atomic E-state index is 0.187. The van der Waals surface area contributed by atoms with Crippen LogP contribution in [0, 0.1) is 11.8 Å². The number of rotatable bonds is 5. The topological polar surface area (TPSA) is 35.5 Å². The number of methoxy groups -OCH3 is 1. The molecule has 0 amide bonds. The zero-order chi connectivity index (χ0) is 13.7. The number of hydrogen-bond donors (Lipinski definition) is 0. The quantitative estimate of drug-likeness (QED) is 0.818. The fraction of sp³-hybridized carbons (Fsp3) is 0.562. The summed E-state index contributed by atoms with van der Waals surface area (Å²) in [6.07, 6.45) is 2.32. The Balaban J connectivity index is 1.85. The summed E-state index contributed by atoms with van der Waals surface area (Å²) in [5, 5.41) is 0. The Bertz CT molecular complexity index is 411. The highest BCUT2D eigenvalue weighted by Gasteiger charge is 2.27. The molecule has 104 valence electrons. The first-order valence-corrected chi connectivity index (χ1v) is 6.94. The summed E-state index contributed by atoms with van der Waals surface area (Å²) in [6.45, 7) is 3.55. The van der Waals surface area contributed by atoms with Crippen LogP contribution in [-0.2, 0) is 16.0 Å². The van der Waals surface area contributed by atoms with Gasteiger partial charge >= 0.3 is 0 Å². The van der Waals surface area contributed by atoms with Crippen LogP contribution in [-0.4, -0.2) is 26.1 Å². The van der Waals surface area contributed by atoms with Crippen LogP contribution in [0.25, 0.3) is 0 Å². The van der Waals surface area contributed by atoms with Gasteiger partial charge < -0.3 is 9.47 Å². The van der Waals surface area contributed by atoms with Crippen molar-refractivity contribution in [1.82, 2.24) is 0 Å². The highest BCUT2D eigenvalue weighted by atomic mass is 16.5. The maximum Gasteiger partial charge on any atom is 0.136 e. The molecule has 1 aliphatic heterocycles. The lowest BCUT2D eigenvalue weighted by Gasteiger charge is -2.27. The average Bonchev–Trinajstić information content (AvgIpc) is 2.46. The predicted molar refractivity (Wildman–Crippen MR) is 74.4 cm³/mol. The number of carbonyl (C=O) groups excluding carboxylic acids is 1. The highest BCUT2D eigenvalue weighted by Crippen LogP contribution is 2.24. The fourth-order valence-corrected chi connectivity index (χ4v) is 2.60. The molecule has 3 heteroatoms. The average molecular weight is 262 g/mol. The molecule has 0 saturated carbocycles. The minimum absolute atomic E-state index is 0.187. The second-order valence-electron chi connectivity index (χ2n) is 5.26. The van der Waals surface area contributed by atoms with Crippen LogP contribution in [0.3, 0.4) is 0 Å². The van der Waals surface area contributed by atoms with Gasteiger partial charge in [-0.3, -0.25) is 4.79 Å². The first-order chi connectivity index (χ1) is 9.20. The molecule has 1 fully saturated rings. The molecule has 2 unspecified atom stereocenters. The van der Waals surface area contributed by atoms with Gasteiger partial charge in [-0.25, -0.2) is 0 Å². The van der Waals surface area contributed by atoms with Crippen LogP contribution in [0.4, 0.5) is 0 Å². The van der Waals surface area contributed by atoms with Crippen LogP contribution in [0.5, 0.6) is 5.75 Å². The third-order valence-corrected chi connectivity index (χ3v) is 3.87. The van der Waals surface area contributed by atoms with Crippen molar-refractivity contribution in [3.05, 3.63) is 29.8 Å². The second kappa shape index (κ2) is 6.71. The van der Waals surface area contributed by atoms with Gasteiger partial charge in [-0.2, -0.15) is 0 Å². The van der Waals surface area contributed by atoms with Crippen LogP contribution in [0.2, 0.25) is 0 Å². The first kappa shape index (κ1) is 14.1. The lowest BCUT2D eigenvalue weighted by Crippen LogP contribution is -2.31. The van der Waals surface area contributed by atoms with Crippen molar-refractivity contribution in [3.63, 3.8) is 0 Å². The first-order valence-electron chi connectivity index (χ1n) is 6.94. The number of carbonyl (C=O) groups is 1. The van der Waals surface area contributed by atoms with E-state index in [4.69, 9.17) is 9.47 Å². The van der Waals surface area contributed by atoms with Gasteiger partial charge in [0.05, 0.1) is 7.11 Å². The standard InChI is InChI=1S/C16H22O3/c1-12-11-19-10-9-15(12)16(17)8-5-13-3-6-14(18-2)7-4-13/h3-4,6-7,12,15H,5,8-11H2,1-2H3. The van der Waals surface area contributed by atoms with Gasteiger partial charge in [0.2, 0.25) is 0 Å². The van der Waals surface area contributed by atoms with E-state index in [0.717, 1.165) is 31.8 Å². The molecule has 0 radical (unpaired) electrons. The van der Waals surface area contributed by atoms with Gasteiger partial charge in [-0.05, 0) is 36.5 Å².